The molecule has 0 atom stereocenters. The molecule has 0 spiro atoms. The van der Waals surface area contributed by atoms with E-state index in [0.717, 1.165) is 11.1 Å². The Morgan fingerprint density at radius 2 is 1.26 bits per heavy atom. The smallest absolute Gasteiger partial charge is 0.193 e. The first kappa shape index (κ1) is 15.0. The number of carbonyl (C=O) groups is 1. The van der Waals surface area contributed by atoms with Crippen LogP contribution in [0, 0.1) is 6.92 Å². The summed E-state index contributed by atoms with van der Waals surface area (Å²) in [6, 6.07) is 27.4. The Hall–Kier alpha value is -2.93. The van der Waals surface area contributed by atoms with Crippen LogP contribution in [-0.4, -0.2) is 5.78 Å². The number of carbonyl (C=O) groups excluding carboxylic acids is 1. The van der Waals surface area contributed by atoms with Gasteiger partial charge in [0.15, 0.2) is 5.78 Å². The molecule has 23 heavy (non-hydrogen) atoms. The highest BCUT2D eigenvalue weighted by atomic mass is 16.1. The fourth-order valence-electron chi connectivity index (χ4n) is 2.47. The van der Waals surface area contributed by atoms with Crippen molar-refractivity contribution < 1.29 is 4.79 Å². The first-order valence-electron chi connectivity index (χ1n) is 7.67. The minimum Gasteiger partial charge on any atom is -0.289 e. The Balaban J connectivity index is 2.08. The van der Waals surface area contributed by atoms with E-state index < -0.39 is 0 Å². The monoisotopic (exact) mass is 298 g/mol. The number of aryl methyl sites for hydroxylation is 1. The maximum atomic E-state index is 13.0. The molecular formula is C22H18O. The van der Waals surface area contributed by atoms with E-state index in [0.29, 0.717) is 11.1 Å². The third-order valence-corrected chi connectivity index (χ3v) is 3.75. The summed E-state index contributed by atoms with van der Waals surface area (Å²) in [4.78, 5) is 13.0. The van der Waals surface area contributed by atoms with Crippen LogP contribution in [0.15, 0.2) is 84.9 Å². The molecule has 0 aliphatic rings. The molecule has 3 rings (SSSR count). The molecule has 0 saturated heterocycles. The van der Waals surface area contributed by atoms with Crippen LogP contribution in [0.1, 0.15) is 27.0 Å². The van der Waals surface area contributed by atoms with E-state index in [1.165, 1.54) is 5.56 Å². The quantitative estimate of drug-likeness (QED) is 0.357. The van der Waals surface area contributed by atoms with Crippen LogP contribution in [0.2, 0.25) is 0 Å². The zero-order valence-electron chi connectivity index (χ0n) is 13.1. The van der Waals surface area contributed by atoms with Gasteiger partial charge < -0.3 is 0 Å². The van der Waals surface area contributed by atoms with E-state index in [-0.39, 0.29) is 5.78 Å². The van der Waals surface area contributed by atoms with Crippen LogP contribution in [0.25, 0.3) is 11.6 Å². The lowest BCUT2D eigenvalue weighted by atomic mass is 9.94. The Morgan fingerprint density at radius 1 is 0.696 bits per heavy atom. The van der Waals surface area contributed by atoms with Crippen LogP contribution >= 0.6 is 0 Å². The topological polar surface area (TPSA) is 17.1 Å². The number of hydrogen-bond donors (Lipinski definition) is 0. The number of benzene rings is 3. The van der Waals surface area contributed by atoms with Crippen molar-refractivity contribution in [2.24, 2.45) is 0 Å². The zero-order chi connectivity index (χ0) is 16.1. The number of Topliss-reactive ketones (excluding diaryl/α,β-unsaturated/α-hetero) is 1. The Bertz CT molecular complexity index is 813. The first-order chi connectivity index (χ1) is 11.2. The molecule has 1 nitrogen and oxygen atoms in total. The summed E-state index contributed by atoms with van der Waals surface area (Å²) in [5, 5.41) is 0. The van der Waals surface area contributed by atoms with Crippen LogP contribution in [0.4, 0.5) is 0 Å². The van der Waals surface area contributed by atoms with Crippen molar-refractivity contribution in [1.82, 2.24) is 0 Å². The molecule has 0 bridgehead atoms. The van der Waals surface area contributed by atoms with Gasteiger partial charge in [0.1, 0.15) is 0 Å². The molecule has 3 aromatic rings. The number of allylic oxidation sites excluding steroid dienone is 1. The second-order valence-electron chi connectivity index (χ2n) is 5.53. The van der Waals surface area contributed by atoms with Crippen LogP contribution < -0.4 is 0 Å². The summed E-state index contributed by atoms with van der Waals surface area (Å²) in [7, 11) is 0. The average molecular weight is 298 g/mol. The summed E-state index contributed by atoms with van der Waals surface area (Å²) >= 11 is 0. The highest BCUT2D eigenvalue weighted by molar-refractivity contribution is 6.32. The van der Waals surface area contributed by atoms with Crippen molar-refractivity contribution in [3.63, 3.8) is 0 Å². The maximum absolute atomic E-state index is 13.0. The van der Waals surface area contributed by atoms with Gasteiger partial charge in [-0.3, -0.25) is 4.79 Å². The fraction of sp³-hybridized carbons (Fsp3) is 0.0455. The second kappa shape index (κ2) is 6.89. The molecule has 112 valence electrons. The predicted molar refractivity (Wildman–Crippen MR) is 96.3 cm³/mol. The SMILES string of the molecule is Cc1ccc(/C(=C/c2ccccc2)C(=O)c2ccccc2)cc1. The molecule has 0 radical (unpaired) electrons. The van der Waals surface area contributed by atoms with Crippen molar-refractivity contribution >= 4 is 17.4 Å². The Labute approximate surface area is 136 Å². The van der Waals surface area contributed by atoms with Crippen molar-refractivity contribution in [2.45, 2.75) is 6.92 Å². The van der Waals surface area contributed by atoms with Gasteiger partial charge >= 0.3 is 0 Å². The largest absolute Gasteiger partial charge is 0.289 e. The lowest BCUT2D eigenvalue weighted by Crippen LogP contribution is -2.02. The zero-order valence-corrected chi connectivity index (χ0v) is 13.1. The molecule has 0 N–H and O–H groups in total. The third kappa shape index (κ3) is 3.64. The summed E-state index contributed by atoms with van der Waals surface area (Å²) in [6.45, 7) is 2.05. The lowest BCUT2D eigenvalue weighted by molar-refractivity contribution is 0.105. The average Bonchev–Trinajstić information content (AvgIpc) is 2.62. The van der Waals surface area contributed by atoms with Crippen molar-refractivity contribution in [3.8, 4) is 0 Å². The van der Waals surface area contributed by atoms with E-state index in [1.807, 2.05) is 97.9 Å². The normalized spacial score (nSPS) is 11.3. The summed E-state index contributed by atoms with van der Waals surface area (Å²) in [5.74, 6) is 0.0401. The van der Waals surface area contributed by atoms with E-state index in [9.17, 15) is 4.79 Å². The summed E-state index contributed by atoms with van der Waals surface area (Å²) in [5.41, 5.74) is 4.55. The van der Waals surface area contributed by atoms with E-state index >= 15 is 0 Å². The van der Waals surface area contributed by atoms with Gasteiger partial charge in [-0.15, -0.1) is 0 Å². The third-order valence-electron chi connectivity index (χ3n) is 3.75. The second-order valence-corrected chi connectivity index (χ2v) is 5.53. The fourth-order valence-corrected chi connectivity index (χ4v) is 2.47. The van der Waals surface area contributed by atoms with Gasteiger partial charge in [0.05, 0.1) is 0 Å². The van der Waals surface area contributed by atoms with Gasteiger partial charge in [-0.1, -0.05) is 90.5 Å². The standard InChI is InChI=1S/C22H18O/c1-17-12-14-19(15-13-17)21(16-18-8-4-2-5-9-18)22(23)20-10-6-3-7-11-20/h2-16H,1H3/b21-16-. The molecule has 0 heterocycles. The van der Waals surface area contributed by atoms with Gasteiger partial charge in [-0.05, 0) is 24.1 Å². The van der Waals surface area contributed by atoms with Crippen LogP contribution in [0.3, 0.4) is 0 Å². The van der Waals surface area contributed by atoms with Gasteiger partial charge in [-0.25, -0.2) is 0 Å². The molecular weight excluding hydrogens is 280 g/mol. The lowest BCUT2D eigenvalue weighted by Gasteiger charge is -2.08. The molecule has 0 fully saturated rings. The Kier molecular flexibility index (Phi) is 4.49. The molecule has 0 aliphatic carbocycles. The van der Waals surface area contributed by atoms with E-state index in [2.05, 4.69) is 0 Å². The van der Waals surface area contributed by atoms with Crippen LogP contribution in [0.5, 0.6) is 0 Å². The Morgan fingerprint density at radius 3 is 1.87 bits per heavy atom. The molecule has 0 saturated carbocycles. The van der Waals surface area contributed by atoms with Crippen molar-refractivity contribution in [2.75, 3.05) is 0 Å². The highest BCUT2D eigenvalue weighted by Crippen LogP contribution is 2.23. The minimum absolute atomic E-state index is 0.0401. The van der Waals surface area contributed by atoms with Gasteiger partial charge in [0.25, 0.3) is 0 Å². The number of ketones is 1. The van der Waals surface area contributed by atoms with Crippen LogP contribution in [-0.2, 0) is 0 Å². The number of rotatable bonds is 4. The van der Waals surface area contributed by atoms with Gasteiger partial charge in [0, 0.05) is 11.1 Å². The maximum Gasteiger partial charge on any atom is 0.193 e. The van der Waals surface area contributed by atoms with Crippen molar-refractivity contribution in [1.29, 1.82) is 0 Å². The molecule has 3 aromatic carbocycles. The molecule has 0 aliphatic heterocycles. The molecule has 0 aromatic heterocycles. The van der Waals surface area contributed by atoms with E-state index in [1.54, 1.807) is 0 Å². The molecule has 0 amide bonds. The van der Waals surface area contributed by atoms with E-state index in [4.69, 9.17) is 0 Å². The van der Waals surface area contributed by atoms with Crippen molar-refractivity contribution in [3.05, 3.63) is 107 Å². The highest BCUT2D eigenvalue weighted by Gasteiger charge is 2.14. The number of hydrogen-bond acceptors (Lipinski definition) is 1. The van der Waals surface area contributed by atoms with Gasteiger partial charge in [-0.2, -0.15) is 0 Å². The molecule has 1 heteroatoms. The molecule has 0 unspecified atom stereocenters. The predicted octanol–water partition coefficient (Wildman–Crippen LogP) is 5.42. The summed E-state index contributed by atoms with van der Waals surface area (Å²) in [6.07, 6.45) is 1.96. The minimum atomic E-state index is 0.0401. The first-order valence-corrected chi connectivity index (χ1v) is 7.67. The summed E-state index contributed by atoms with van der Waals surface area (Å²) < 4.78 is 0. The van der Waals surface area contributed by atoms with Gasteiger partial charge in [0.2, 0.25) is 0 Å².